The molecule has 132 valence electrons. The molecule has 0 heterocycles. The van der Waals surface area contributed by atoms with Crippen LogP contribution in [0, 0.1) is 13.8 Å². The third kappa shape index (κ3) is 4.79. The Morgan fingerprint density at radius 3 is 2.08 bits per heavy atom. The SMILES string of the molecule is CCc1cccc(CC)c1NC(=O)CCC(=O)c1ccc(C)c(C)c1. The van der Waals surface area contributed by atoms with Crippen LogP contribution in [0.3, 0.4) is 0 Å². The van der Waals surface area contributed by atoms with E-state index in [0.29, 0.717) is 5.56 Å². The molecule has 0 aliphatic heterocycles. The smallest absolute Gasteiger partial charge is 0.224 e. The molecule has 0 atom stereocenters. The number of aryl methyl sites for hydroxylation is 4. The van der Waals surface area contributed by atoms with E-state index in [1.165, 1.54) is 0 Å². The van der Waals surface area contributed by atoms with Crippen molar-refractivity contribution in [1.29, 1.82) is 0 Å². The summed E-state index contributed by atoms with van der Waals surface area (Å²) in [4.78, 5) is 24.7. The summed E-state index contributed by atoms with van der Waals surface area (Å²) in [6, 6.07) is 11.8. The second kappa shape index (κ2) is 8.61. The topological polar surface area (TPSA) is 46.2 Å². The molecule has 0 unspecified atom stereocenters. The Hall–Kier alpha value is -2.42. The largest absolute Gasteiger partial charge is 0.326 e. The maximum atomic E-state index is 12.3. The number of rotatable bonds is 7. The Balaban J connectivity index is 2.01. The lowest BCUT2D eigenvalue weighted by Gasteiger charge is -2.14. The van der Waals surface area contributed by atoms with E-state index in [2.05, 4.69) is 19.2 Å². The molecule has 2 aromatic carbocycles. The van der Waals surface area contributed by atoms with Gasteiger partial charge in [0.25, 0.3) is 0 Å². The van der Waals surface area contributed by atoms with Crippen LogP contribution >= 0.6 is 0 Å². The standard InChI is InChI=1S/C22H27NO2/c1-5-17-8-7-9-18(6-2)22(17)23-21(25)13-12-20(24)19-11-10-15(3)16(4)14-19/h7-11,14H,5-6,12-13H2,1-4H3,(H,23,25). The summed E-state index contributed by atoms with van der Waals surface area (Å²) in [6.07, 6.45) is 2.16. The van der Waals surface area contributed by atoms with Crippen LogP contribution in [-0.4, -0.2) is 11.7 Å². The van der Waals surface area contributed by atoms with E-state index in [0.717, 1.165) is 40.8 Å². The predicted octanol–water partition coefficient (Wildman–Crippen LogP) is 5.03. The van der Waals surface area contributed by atoms with Crippen molar-refractivity contribution in [2.24, 2.45) is 0 Å². The first kappa shape index (κ1) is 18.9. The van der Waals surface area contributed by atoms with Crippen molar-refractivity contribution >= 4 is 17.4 Å². The van der Waals surface area contributed by atoms with Crippen LogP contribution < -0.4 is 5.32 Å². The molecular formula is C22H27NO2. The molecule has 2 rings (SSSR count). The van der Waals surface area contributed by atoms with Crippen LogP contribution in [0.15, 0.2) is 36.4 Å². The highest BCUT2D eigenvalue weighted by Gasteiger charge is 2.13. The van der Waals surface area contributed by atoms with Crippen LogP contribution in [-0.2, 0) is 17.6 Å². The molecule has 0 saturated carbocycles. The number of carbonyl (C=O) groups excluding carboxylic acids is 2. The third-order valence-electron chi connectivity index (χ3n) is 4.67. The number of carbonyl (C=O) groups is 2. The molecule has 0 fully saturated rings. The zero-order valence-electron chi connectivity index (χ0n) is 15.6. The highest BCUT2D eigenvalue weighted by atomic mass is 16.2. The van der Waals surface area contributed by atoms with Gasteiger partial charge >= 0.3 is 0 Å². The number of hydrogen-bond donors (Lipinski definition) is 1. The van der Waals surface area contributed by atoms with Crippen LogP contribution in [0.4, 0.5) is 5.69 Å². The van der Waals surface area contributed by atoms with Crippen LogP contribution in [0.5, 0.6) is 0 Å². The molecule has 3 nitrogen and oxygen atoms in total. The second-order valence-corrected chi connectivity index (χ2v) is 6.43. The van der Waals surface area contributed by atoms with Gasteiger partial charge < -0.3 is 5.32 Å². The maximum absolute atomic E-state index is 12.3. The second-order valence-electron chi connectivity index (χ2n) is 6.43. The van der Waals surface area contributed by atoms with E-state index in [4.69, 9.17) is 0 Å². The Morgan fingerprint density at radius 2 is 1.52 bits per heavy atom. The van der Waals surface area contributed by atoms with Crippen molar-refractivity contribution < 1.29 is 9.59 Å². The molecule has 1 amide bonds. The van der Waals surface area contributed by atoms with Gasteiger partial charge in [0.05, 0.1) is 0 Å². The molecule has 0 aliphatic carbocycles. The third-order valence-corrected chi connectivity index (χ3v) is 4.67. The molecule has 0 bridgehead atoms. The molecule has 0 aliphatic rings. The molecule has 0 saturated heterocycles. The molecular weight excluding hydrogens is 310 g/mol. The summed E-state index contributed by atoms with van der Waals surface area (Å²) in [5.41, 5.74) is 6.12. The molecule has 2 aromatic rings. The van der Waals surface area contributed by atoms with E-state index in [1.807, 2.05) is 50.2 Å². The van der Waals surface area contributed by atoms with E-state index in [1.54, 1.807) is 0 Å². The van der Waals surface area contributed by atoms with Crippen molar-refractivity contribution in [2.75, 3.05) is 5.32 Å². The number of Topliss-reactive ketones (excluding diaryl/α,β-unsaturated/α-hetero) is 1. The number of nitrogens with one attached hydrogen (secondary N) is 1. The lowest BCUT2D eigenvalue weighted by atomic mass is 10.0. The zero-order valence-corrected chi connectivity index (χ0v) is 15.6. The van der Waals surface area contributed by atoms with Crippen molar-refractivity contribution in [3.8, 4) is 0 Å². The first-order chi connectivity index (χ1) is 12.0. The normalized spacial score (nSPS) is 10.6. The molecule has 25 heavy (non-hydrogen) atoms. The molecule has 0 spiro atoms. The van der Waals surface area contributed by atoms with Crippen molar-refractivity contribution in [3.05, 3.63) is 64.2 Å². The van der Waals surface area contributed by atoms with Gasteiger partial charge in [-0.1, -0.05) is 44.2 Å². The minimum Gasteiger partial charge on any atom is -0.326 e. The maximum Gasteiger partial charge on any atom is 0.224 e. The predicted molar refractivity (Wildman–Crippen MR) is 103 cm³/mol. The summed E-state index contributed by atoms with van der Waals surface area (Å²) in [7, 11) is 0. The molecule has 1 N–H and O–H groups in total. The van der Waals surface area contributed by atoms with Crippen molar-refractivity contribution in [2.45, 2.75) is 53.4 Å². The van der Waals surface area contributed by atoms with Crippen LogP contribution in [0.25, 0.3) is 0 Å². The summed E-state index contributed by atoms with van der Waals surface area (Å²) in [5, 5.41) is 3.02. The zero-order chi connectivity index (χ0) is 18.4. The fourth-order valence-corrected chi connectivity index (χ4v) is 2.89. The van der Waals surface area contributed by atoms with E-state index < -0.39 is 0 Å². The average molecular weight is 337 g/mol. The minimum absolute atomic E-state index is 0.0118. The Labute approximate surface area is 150 Å². The quantitative estimate of drug-likeness (QED) is 0.720. The summed E-state index contributed by atoms with van der Waals surface area (Å²) in [5.74, 6) is -0.0921. The fraction of sp³-hybridized carbons (Fsp3) is 0.364. The monoisotopic (exact) mass is 337 g/mol. The van der Waals surface area contributed by atoms with E-state index in [9.17, 15) is 9.59 Å². The minimum atomic E-state index is -0.104. The molecule has 0 aromatic heterocycles. The Bertz CT molecular complexity index is 755. The van der Waals surface area contributed by atoms with Gasteiger partial charge in [-0.15, -0.1) is 0 Å². The van der Waals surface area contributed by atoms with Gasteiger partial charge in [0.1, 0.15) is 0 Å². The lowest BCUT2D eigenvalue weighted by molar-refractivity contribution is -0.116. The van der Waals surface area contributed by atoms with Gasteiger partial charge in [0, 0.05) is 24.1 Å². The summed E-state index contributed by atoms with van der Waals surface area (Å²) >= 11 is 0. The number of benzene rings is 2. The van der Waals surface area contributed by atoms with Crippen LogP contribution in [0.2, 0.25) is 0 Å². The van der Waals surface area contributed by atoms with Gasteiger partial charge in [-0.3, -0.25) is 9.59 Å². The number of para-hydroxylation sites is 1. The highest BCUT2D eigenvalue weighted by molar-refractivity contribution is 6.00. The van der Waals surface area contributed by atoms with Gasteiger partial charge in [-0.05, 0) is 55.0 Å². The first-order valence-electron chi connectivity index (χ1n) is 8.97. The summed E-state index contributed by atoms with van der Waals surface area (Å²) in [6.45, 7) is 8.17. The van der Waals surface area contributed by atoms with Gasteiger partial charge in [-0.2, -0.15) is 0 Å². The molecule has 0 radical (unpaired) electrons. The number of amides is 1. The fourth-order valence-electron chi connectivity index (χ4n) is 2.89. The van der Waals surface area contributed by atoms with Crippen molar-refractivity contribution in [1.82, 2.24) is 0 Å². The van der Waals surface area contributed by atoms with Gasteiger partial charge in [0.2, 0.25) is 5.91 Å². The van der Waals surface area contributed by atoms with Gasteiger partial charge in [-0.25, -0.2) is 0 Å². The summed E-state index contributed by atoms with van der Waals surface area (Å²) < 4.78 is 0. The van der Waals surface area contributed by atoms with E-state index in [-0.39, 0.29) is 24.5 Å². The van der Waals surface area contributed by atoms with Crippen LogP contribution in [0.1, 0.15) is 59.3 Å². The Kier molecular flexibility index (Phi) is 6.51. The average Bonchev–Trinajstić information content (AvgIpc) is 2.62. The number of ketones is 1. The Morgan fingerprint density at radius 1 is 0.880 bits per heavy atom. The number of anilines is 1. The lowest BCUT2D eigenvalue weighted by Crippen LogP contribution is -2.16. The van der Waals surface area contributed by atoms with Gasteiger partial charge in [0.15, 0.2) is 5.78 Å². The number of hydrogen-bond acceptors (Lipinski definition) is 2. The van der Waals surface area contributed by atoms with Crippen molar-refractivity contribution in [3.63, 3.8) is 0 Å². The highest BCUT2D eigenvalue weighted by Crippen LogP contribution is 2.23. The molecule has 3 heteroatoms. The first-order valence-corrected chi connectivity index (χ1v) is 8.97. The van der Waals surface area contributed by atoms with E-state index >= 15 is 0 Å².